The van der Waals surface area contributed by atoms with Crippen LogP contribution in [-0.2, 0) is 6.54 Å². The predicted octanol–water partition coefficient (Wildman–Crippen LogP) is 2.38. The zero-order chi connectivity index (χ0) is 20.0. The number of alkyl halides is 1. The number of hydrogen-bond donors (Lipinski definition) is 0. The number of nitrogens with zero attached hydrogens (tertiary/aromatic N) is 6. The Labute approximate surface area is 166 Å². The molecule has 148 valence electrons. The number of amides is 1. The summed E-state index contributed by atoms with van der Waals surface area (Å²) in [5, 5.41) is 4.56. The highest BCUT2D eigenvalue weighted by atomic mass is 19.1. The van der Waals surface area contributed by atoms with Crippen LogP contribution in [0.3, 0.4) is 0 Å². The number of anilines is 2. The first-order chi connectivity index (χ1) is 14.1. The molecule has 29 heavy (non-hydrogen) atoms. The molecule has 0 N–H and O–H groups in total. The third-order valence-electron chi connectivity index (χ3n) is 5.26. The van der Waals surface area contributed by atoms with E-state index in [-0.39, 0.29) is 5.91 Å². The van der Waals surface area contributed by atoms with Crippen molar-refractivity contribution in [1.82, 2.24) is 19.7 Å². The summed E-state index contributed by atoms with van der Waals surface area (Å²) in [6.07, 6.45) is 4.77. The molecule has 1 amide bonds. The number of aromatic nitrogens is 4. The lowest BCUT2D eigenvalue weighted by Crippen LogP contribution is -2.24. The zero-order valence-corrected chi connectivity index (χ0v) is 15.8. The maximum Gasteiger partial charge on any atom is 0.262 e. The van der Waals surface area contributed by atoms with Gasteiger partial charge in [-0.15, -0.1) is 0 Å². The van der Waals surface area contributed by atoms with Crippen LogP contribution >= 0.6 is 0 Å². The number of pyridine rings is 2. The van der Waals surface area contributed by atoms with Crippen molar-refractivity contribution in [1.29, 1.82) is 0 Å². The first kappa shape index (κ1) is 17.6. The molecular formula is C20H19FN6O2. The lowest BCUT2D eigenvalue weighted by atomic mass is 10.3. The second kappa shape index (κ2) is 6.84. The molecule has 1 atom stereocenters. The van der Waals surface area contributed by atoms with Gasteiger partial charge in [0, 0.05) is 25.0 Å². The van der Waals surface area contributed by atoms with Crippen LogP contribution in [0.15, 0.2) is 42.9 Å². The number of ether oxygens (including phenoxy) is 1. The van der Waals surface area contributed by atoms with Gasteiger partial charge in [0.1, 0.15) is 12.0 Å². The Morgan fingerprint density at radius 3 is 2.79 bits per heavy atom. The number of halogens is 1. The molecule has 1 saturated heterocycles. The van der Waals surface area contributed by atoms with Gasteiger partial charge in [-0.25, -0.2) is 19.0 Å². The first-order valence-corrected chi connectivity index (χ1v) is 9.38. The van der Waals surface area contributed by atoms with E-state index in [2.05, 4.69) is 15.1 Å². The van der Waals surface area contributed by atoms with Gasteiger partial charge in [0.15, 0.2) is 0 Å². The monoisotopic (exact) mass is 394 g/mol. The lowest BCUT2D eigenvalue weighted by molar-refractivity contribution is 0.0996. The smallest absolute Gasteiger partial charge is 0.262 e. The maximum atomic E-state index is 13.4. The van der Waals surface area contributed by atoms with Crippen LogP contribution < -0.4 is 14.5 Å². The van der Waals surface area contributed by atoms with Crippen molar-refractivity contribution < 1.29 is 13.9 Å². The standard InChI is InChI=1S/C20H19FN6O2/c1-29-19-8-14(4-6-22-19)26-12-17-16(20(26)28)11-27(24-17)15-2-3-18(23-9-15)25-7-5-13(21)10-25/h2-4,6,8-9,11,13H,5,7,10,12H2,1H3/t13-/m1/s1. The summed E-state index contributed by atoms with van der Waals surface area (Å²) in [6.45, 7) is 1.44. The molecule has 2 aliphatic rings. The Hall–Kier alpha value is -3.49. The molecule has 2 aliphatic heterocycles. The Balaban J connectivity index is 1.36. The fourth-order valence-electron chi connectivity index (χ4n) is 3.72. The number of rotatable bonds is 4. The normalized spacial score (nSPS) is 18.4. The summed E-state index contributed by atoms with van der Waals surface area (Å²) in [7, 11) is 1.54. The molecule has 5 heterocycles. The number of carbonyl (C=O) groups is 1. The van der Waals surface area contributed by atoms with Gasteiger partial charge >= 0.3 is 0 Å². The largest absolute Gasteiger partial charge is 0.481 e. The maximum absolute atomic E-state index is 13.4. The van der Waals surface area contributed by atoms with E-state index in [1.165, 1.54) is 7.11 Å². The van der Waals surface area contributed by atoms with Crippen molar-refractivity contribution in [3.63, 3.8) is 0 Å². The van der Waals surface area contributed by atoms with Gasteiger partial charge in [0.25, 0.3) is 5.91 Å². The minimum atomic E-state index is -0.792. The van der Waals surface area contributed by atoms with Gasteiger partial charge < -0.3 is 14.5 Å². The van der Waals surface area contributed by atoms with Gasteiger partial charge in [0.05, 0.1) is 49.0 Å². The van der Waals surface area contributed by atoms with Crippen LogP contribution in [0, 0.1) is 0 Å². The third-order valence-corrected chi connectivity index (χ3v) is 5.26. The highest BCUT2D eigenvalue weighted by Gasteiger charge is 2.32. The molecule has 0 aliphatic carbocycles. The highest BCUT2D eigenvalue weighted by Crippen LogP contribution is 2.29. The fourth-order valence-corrected chi connectivity index (χ4v) is 3.72. The summed E-state index contributed by atoms with van der Waals surface area (Å²) >= 11 is 0. The molecule has 0 aromatic carbocycles. The summed E-state index contributed by atoms with van der Waals surface area (Å²) in [5.74, 6) is 1.09. The van der Waals surface area contributed by atoms with Crippen LogP contribution in [0.4, 0.5) is 15.9 Å². The molecule has 0 bridgehead atoms. The van der Waals surface area contributed by atoms with Crippen molar-refractivity contribution >= 4 is 17.4 Å². The van der Waals surface area contributed by atoms with E-state index in [4.69, 9.17) is 4.74 Å². The SMILES string of the molecule is COc1cc(N2Cc3nn(-c4ccc(N5CC[C@@H](F)C5)nc4)cc3C2=O)ccn1. The van der Waals surface area contributed by atoms with E-state index in [1.807, 2.05) is 17.0 Å². The van der Waals surface area contributed by atoms with Crippen LogP contribution in [0.5, 0.6) is 5.88 Å². The second-order valence-corrected chi connectivity index (χ2v) is 7.09. The molecule has 0 spiro atoms. The number of carbonyl (C=O) groups excluding carboxylic acids is 1. The van der Waals surface area contributed by atoms with E-state index >= 15 is 0 Å². The highest BCUT2D eigenvalue weighted by molar-refractivity contribution is 6.09. The van der Waals surface area contributed by atoms with Crippen LogP contribution in [-0.4, -0.2) is 52.0 Å². The van der Waals surface area contributed by atoms with Crippen molar-refractivity contribution in [3.05, 3.63) is 54.1 Å². The lowest BCUT2D eigenvalue weighted by Gasteiger charge is -2.17. The molecule has 0 saturated carbocycles. The van der Waals surface area contributed by atoms with E-state index in [0.717, 1.165) is 11.5 Å². The number of fused-ring (bicyclic) bond motifs is 1. The molecule has 8 nitrogen and oxygen atoms in total. The van der Waals surface area contributed by atoms with Crippen LogP contribution in [0.25, 0.3) is 5.69 Å². The Morgan fingerprint density at radius 2 is 2.10 bits per heavy atom. The van der Waals surface area contributed by atoms with Crippen molar-refractivity contribution in [2.24, 2.45) is 0 Å². The summed E-state index contributed by atoms with van der Waals surface area (Å²) in [5.41, 5.74) is 2.73. The summed E-state index contributed by atoms with van der Waals surface area (Å²) in [6, 6.07) is 7.23. The first-order valence-electron chi connectivity index (χ1n) is 9.38. The van der Waals surface area contributed by atoms with E-state index in [1.54, 1.807) is 40.3 Å². The van der Waals surface area contributed by atoms with Gasteiger partial charge in [-0.05, 0) is 24.6 Å². The Kier molecular flexibility index (Phi) is 4.15. The average Bonchev–Trinajstić information content (AvgIpc) is 3.44. The molecule has 3 aromatic heterocycles. The minimum Gasteiger partial charge on any atom is -0.481 e. The topological polar surface area (TPSA) is 76.4 Å². The van der Waals surface area contributed by atoms with E-state index in [0.29, 0.717) is 48.9 Å². The van der Waals surface area contributed by atoms with E-state index < -0.39 is 6.17 Å². The van der Waals surface area contributed by atoms with Crippen molar-refractivity contribution in [2.75, 3.05) is 30.0 Å². The zero-order valence-electron chi connectivity index (χ0n) is 15.8. The number of hydrogen-bond acceptors (Lipinski definition) is 6. The molecule has 1 fully saturated rings. The van der Waals surface area contributed by atoms with Crippen molar-refractivity contribution in [3.8, 4) is 11.6 Å². The van der Waals surface area contributed by atoms with E-state index in [9.17, 15) is 9.18 Å². The van der Waals surface area contributed by atoms with Gasteiger partial charge in [0.2, 0.25) is 5.88 Å². The van der Waals surface area contributed by atoms with Crippen LogP contribution in [0.2, 0.25) is 0 Å². The fraction of sp³-hybridized carbons (Fsp3) is 0.300. The Morgan fingerprint density at radius 1 is 1.21 bits per heavy atom. The molecular weight excluding hydrogens is 375 g/mol. The molecule has 5 rings (SSSR count). The Bertz CT molecular complexity index is 1070. The average molecular weight is 394 g/mol. The molecule has 9 heteroatoms. The quantitative estimate of drug-likeness (QED) is 0.676. The van der Waals surface area contributed by atoms with Gasteiger partial charge in [-0.3, -0.25) is 4.79 Å². The number of methoxy groups -OCH3 is 1. The second-order valence-electron chi connectivity index (χ2n) is 7.09. The summed E-state index contributed by atoms with van der Waals surface area (Å²) in [4.78, 5) is 24.9. The van der Waals surface area contributed by atoms with Crippen molar-refractivity contribution in [2.45, 2.75) is 19.1 Å². The molecule has 0 radical (unpaired) electrons. The summed E-state index contributed by atoms with van der Waals surface area (Å²) < 4.78 is 20.2. The van der Waals surface area contributed by atoms with Gasteiger partial charge in [-0.1, -0.05) is 0 Å². The van der Waals surface area contributed by atoms with Crippen LogP contribution in [0.1, 0.15) is 22.5 Å². The minimum absolute atomic E-state index is 0.116. The van der Waals surface area contributed by atoms with Gasteiger partial charge in [-0.2, -0.15) is 5.10 Å². The molecule has 0 unspecified atom stereocenters. The predicted molar refractivity (Wildman–Crippen MR) is 104 cm³/mol. The third kappa shape index (κ3) is 3.08. The molecule has 3 aromatic rings.